The monoisotopic (exact) mass is 294 g/mol. The summed E-state index contributed by atoms with van der Waals surface area (Å²) in [5.41, 5.74) is 0.576. The first-order valence-electron chi connectivity index (χ1n) is 7.27. The van der Waals surface area contributed by atoms with Crippen LogP contribution < -0.4 is 9.64 Å². The average molecular weight is 294 g/mol. The number of nitro benzene ring substituents is 1. The second-order valence-electron chi connectivity index (χ2n) is 5.83. The van der Waals surface area contributed by atoms with Gasteiger partial charge in [0, 0.05) is 13.1 Å². The summed E-state index contributed by atoms with van der Waals surface area (Å²) in [6.07, 6.45) is 0.157. The Morgan fingerprint density at radius 2 is 2.19 bits per heavy atom. The normalized spacial score (nSPS) is 22.4. The molecule has 1 fully saturated rings. The molecule has 1 aromatic rings. The molecule has 1 heterocycles. The molecule has 1 N–H and O–H groups in total. The van der Waals surface area contributed by atoms with E-state index in [4.69, 9.17) is 4.74 Å². The molecule has 0 aliphatic carbocycles. The minimum atomic E-state index is -0.386. The molecular formula is C15H22N2O4. The molecule has 1 saturated heterocycles. The summed E-state index contributed by atoms with van der Waals surface area (Å²) >= 11 is 0. The molecular weight excluding hydrogens is 272 g/mol. The quantitative estimate of drug-likeness (QED) is 0.682. The third-order valence-corrected chi connectivity index (χ3v) is 3.72. The van der Waals surface area contributed by atoms with E-state index in [-0.39, 0.29) is 28.7 Å². The number of nitro groups is 1. The van der Waals surface area contributed by atoms with E-state index in [0.29, 0.717) is 30.9 Å². The highest BCUT2D eigenvalue weighted by atomic mass is 16.6. The van der Waals surface area contributed by atoms with Gasteiger partial charge in [0.15, 0.2) is 5.75 Å². The number of rotatable bonds is 4. The number of ether oxygens (including phenoxy) is 1. The van der Waals surface area contributed by atoms with Crippen LogP contribution in [0.2, 0.25) is 0 Å². The number of hydrogen-bond donors (Lipinski definition) is 1. The fraction of sp³-hybridized carbons (Fsp3) is 0.600. The highest BCUT2D eigenvalue weighted by molar-refractivity contribution is 5.70. The zero-order valence-corrected chi connectivity index (χ0v) is 12.7. The molecule has 6 nitrogen and oxygen atoms in total. The lowest BCUT2D eigenvalue weighted by atomic mass is 9.96. The Labute approximate surface area is 124 Å². The van der Waals surface area contributed by atoms with Gasteiger partial charge in [-0.25, -0.2) is 0 Å². The lowest BCUT2D eigenvalue weighted by Crippen LogP contribution is -2.42. The van der Waals surface area contributed by atoms with Crippen LogP contribution in [-0.4, -0.2) is 35.3 Å². The second-order valence-corrected chi connectivity index (χ2v) is 5.83. The molecule has 2 atom stereocenters. The Morgan fingerprint density at radius 3 is 2.76 bits per heavy atom. The molecule has 1 aliphatic heterocycles. The summed E-state index contributed by atoms with van der Waals surface area (Å²) in [7, 11) is 0. The van der Waals surface area contributed by atoms with Gasteiger partial charge in [0.25, 0.3) is 0 Å². The Morgan fingerprint density at radius 1 is 1.48 bits per heavy atom. The van der Waals surface area contributed by atoms with E-state index in [2.05, 4.69) is 0 Å². The van der Waals surface area contributed by atoms with E-state index in [0.717, 1.165) is 0 Å². The molecule has 0 amide bonds. The number of aliphatic hydroxyl groups excluding tert-OH is 1. The van der Waals surface area contributed by atoms with Crippen molar-refractivity contribution in [1.82, 2.24) is 0 Å². The number of para-hydroxylation sites is 1. The standard InChI is InChI=1S/C15H22N2O4/c1-10(2)21-14-6-4-5-12(15(14)17(19)20)16-8-7-13(18)11(3)9-16/h4-6,10-11,13,18H,7-9H2,1-3H3. The maximum absolute atomic E-state index is 11.5. The molecule has 6 heteroatoms. The highest BCUT2D eigenvalue weighted by Crippen LogP contribution is 2.39. The number of hydrogen-bond acceptors (Lipinski definition) is 5. The van der Waals surface area contributed by atoms with E-state index in [1.165, 1.54) is 0 Å². The molecule has 1 aliphatic rings. The van der Waals surface area contributed by atoms with Crippen LogP contribution in [0.25, 0.3) is 0 Å². The van der Waals surface area contributed by atoms with Gasteiger partial charge < -0.3 is 14.7 Å². The van der Waals surface area contributed by atoms with Gasteiger partial charge in [0.05, 0.1) is 17.1 Å². The molecule has 1 aromatic carbocycles. The Bertz CT molecular complexity index is 518. The third-order valence-electron chi connectivity index (χ3n) is 3.72. The second kappa shape index (κ2) is 6.30. The van der Waals surface area contributed by atoms with Gasteiger partial charge in [0.2, 0.25) is 0 Å². The lowest BCUT2D eigenvalue weighted by Gasteiger charge is -2.35. The minimum absolute atomic E-state index is 0.00906. The van der Waals surface area contributed by atoms with E-state index in [1.807, 2.05) is 25.7 Å². The summed E-state index contributed by atoms with van der Waals surface area (Å²) in [6, 6.07) is 5.15. The van der Waals surface area contributed by atoms with Crippen LogP contribution in [0.5, 0.6) is 5.75 Å². The van der Waals surface area contributed by atoms with E-state index < -0.39 is 0 Å². The van der Waals surface area contributed by atoms with Gasteiger partial charge >= 0.3 is 5.69 Å². The minimum Gasteiger partial charge on any atom is -0.484 e. The first-order valence-corrected chi connectivity index (χ1v) is 7.27. The summed E-state index contributed by atoms with van der Waals surface area (Å²) in [5.74, 6) is 0.388. The summed E-state index contributed by atoms with van der Waals surface area (Å²) in [6.45, 7) is 6.85. The Balaban J connectivity index is 2.36. The zero-order valence-electron chi connectivity index (χ0n) is 12.7. The Hall–Kier alpha value is -1.82. The Kier molecular flexibility index (Phi) is 4.67. The van der Waals surface area contributed by atoms with Gasteiger partial charge in [-0.15, -0.1) is 0 Å². The van der Waals surface area contributed by atoms with Gasteiger partial charge in [-0.1, -0.05) is 13.0 Å². The topological polar surface area (TPSA) is 75.8 Å². The van der Waals surface area contributed by atoms with Gasteiger partial charge in [0.1, 0.15) is 5.69 Å². The van der Waals surface area contributed by atoms with Crippen LogP contribution in [0.3, 0.4) is 0 Å². The molecule has 0 radical (unpaired) electrons. The first-order chi connectivity index (χ1) is 9.90. The van der Waals surface area contributed by atoms with Crippen molar-refractivity contribution in [2.45, 2.75) is 39.4 Å². The molecule has 0 saturated carbocycles. The van der Waals surface area contributed by atoms with Gasteiger partial charge in [-0.2, -0.15) is 0 Å². The smallest absolute Gasteiger partial charge is 0.333 e. The molecule has 2 rings (SSSR count). The highest BCUT2D eigenvalue weighted by Gasteiger charge is 2.30. The largest absolute Gasteiger partial charge is 0.484 e. The van der Waals surface area contributed by atoms with Crippen molar-refractivity contribution in [3.8, 4) is 5.75 Å². The number of benzene rings is 1. The maximum Gasteiger partial charge on any atom is 0.333 e. The summed E-state index contributed by atoms with van der Waals surface area (Å²) in [4.78, 5) is 13.0. The van der Waals surface area contributed by atoms with Crippen LogP contribution in [0, 0.1) is 16.0 Å². The lowest BCUT2D eigenvalue weighted by molar-refractivity contribution is -0.385. The van der Waals surface area contributed by atoms with E-state index >= 15 is 0 Å². The number of anilines is 1. The van der Waals surface area contributed by atoms with Crippen molar-refractivity contribution in [1.29, 1.82) is 0 Å². The maximum atomic E-state index is 11.5. The van der Waals surface area contributed by atoms with Crippen molar-refractivity contribution < 1.29 is 14.8 Å². The van der Waals surface area contributed by atoms with Crippen LogP contribution in [0.1, 0.15) is 27.2 Å². The zero-order chi connectivity index (χ0) is 15.6. The van der Waals surface area contributed by atoms with Crippen LogP contribution in [0.4, 0.5) is 11.4 Å². The van der Waals surface area contributed by atoms with E-state index in [9.17, 15) is 15.2 Å². The van der Waals surface area contributed by atoms with Gasteiger partial charge in [-0.05, 0) is 38.3 Å². The number of nitrogens with zero attached hydrogens (tertiary/aromatic N) is 2. The fourth-order valence-electron chi connectivity index (χ4n) is 2.65. The van der Waals surface area contributed by atoms with Gasteiger partial charge in [-0.3, -0.25) is 10.1 Å². The van der Waals surface area contributed by atoms with Crippen LogP contribution >= 0.6 is 0 Å². The number of piperidine rings is 1. The van der Waals surface area contributed by atoms with Crippen molar-refractivity contribution in [3.63, 3.8) is 0 Å². The van der Waals surface area contributed by atoms with Crippen LogP contribution in [0.15, 0.2) is 18.2 Å². The molecule has 0 aromatic heterocycles. The first kappa shape index (κ1) is 15.6. The predicted octanol–water partition coefficient (Wildman–Crippen LogP) is 2.59. The van der Waals surface area contributed by atoms with E-state index in [1.54, 1.807) is 18.2 Å². The molecule has 2 unspecified atom stereocenters. The molecule has 21 heavy (non-hydrogen) atoms. The van der Waals surface area contributed by atoms with Crippen molar-refractivity contribution in [2.75, 3.05) is 18.0 Å². The molecule has 0 bridgehead atoms. The number of aliphatic hydroxyl groups is 1. The third kappa shape index (κ3) is 3.44. The van der Waals surface area contributed by atoms with Crippen molar-refractivity contribution in [3.05, 3.63) is 28.3 Å². The predicted molar refractivity (Wildman–Crippen MR) is 80.9 cm³/mol. The summed E-state index contributed by atoms with van der Waals surface area (Å²) in [5, 5.41) is 21.3. The van der Waals surface area contributed by atoms with Crippen molar-refractivity contribution >= 4 is 11.4 Å². The molecule has 0 spiro atoms. The average Bonchev–Trinajstić information content (AvgIpc) is 2.40. The summed E-state index contributed by atoms with van der Waals surface area (Å²) < 4.78 is 5.57. The van der Waals surface area contributed by atoms with Crippen LogP contribution in [-0.2, 0) is 0 Å². The fourth-order valence-corrected chi connectivity index (χ4v) is 2.65. The van der Waals surface area contributed by atoms with Crippen molar-refractivity contribution in [2.24, 2.45) is 5.92 Å². The molecule has 116 valence electrons. The SMILES string of the molecule is CC(C)Oc1cccc(N2CCC(O)C(C)C2)c1[N+](=O)[O-].